The number of carbonyl (C=O) groups is 2. The van der Waals surface area contributed by atoms with Crippen LogP contribution in [0.25, 0.3) is 11.3 Å². The van der Waals surface area contributed by atoms with Crippen molar-refractivity contribution in [2.24, 2.45) is 5.92 Å². The summed E-state index contributed by atoms with van der Waals surface area (Å²) in [5.74, 6) is 0.380. The van der Waals surface area contributed by atoms with E-state index >= 15 is 0 Å². The maximum Gasteiger partial charge on any atom is 0.305 e. The second-order valence-corrected chi connectivity index (χ2v) is 8.88. The Balaban J connectivity index is 1.79. The normalized spacial score (nSPS) is 11.9. The lowest BCUT2D eigenvalue weighted by Gasteiger charge is -2.21. The van der Waals surface area contributed by atoms with Crippen molar-refractivity contribution >= 4 is 17.6 Å². The van der Waals surface area contributed by atoms with Crippen LogP contribution in [0.4, 0.5) is 10.1 Å². The smallest absolute Gasteiger partial charge is 0.305 e. The van der Waals surface area contributed by atoms with Gasteiger partial charge in [-0.2, -0.15) is 0 Å². The Morgan fingerprint density at radius 3 is 2.38 bits per heavy atom. The minimum absolute atomic E-state index is 0.0199. The summed E-state index contributed by atoms with van der Waals surface area (Å²) in [7, 11) is 0. The van der Waals surface area contributed by atoms with E-state index in [1.165, 1.54) is 12.1 Å². The van der Waals surface area contributed by atoms with Crippen molar-refractivity contribution < 1.29 is 23.5 Å². The summed E-state index contributed by atoms with van der Waals surface area (Å²) in [5, 5.41) is 14.9. The maximum atomic E-state index is 13.5. The summed E-state index contributed by atoms with van der Waals surface area (Å²) in [5.41, 5.74) is 4.02. The first-order valence-electron chi connectivity index (χ1n) is 11.4. The van der Waals surface area contributed by atoms with E-state index in [1.807, 2.05) is 32.0 Å². The summed E-state index contributed by atoms with van der Waals surface area (Å²) in [4.78, 5) is 22.8. The number of carboxylic acids is 1. The van der Waals surface area contributed by atoms with E-state index in [0.717, 1.165) is 34.6 Å². The summed E-state index contributed by atoms with van der Waals surface area (Å²) in [6.07, 6.45) is 0.741. The molecule has 34 heavy (non-hydrogen) atoms. The van der Waals surface area contributed by atoms with Gasteiger partial charge in [-0.25, -0.2) is 4.39 Å². The number of carboxylic acid groups (broad SMARTS) is 1. The first kappa shape index (κ1) is 25.0. The molecule has 1 heterocycles. The summed E-state index contributed by atoms with van der Waals surface area (Å²) in [6, 6.07) is 13.7. The van der Waals surface area contributed by atoms with E-state index in [0.29, 0.717) is 17.2 Å². The first-order chi connectivity index (χ1) is 16.1. The molecule has 0 aliphatic rings. The number of amides is 1. The molecule has 180 valence electrons. The molecule has 3 aromatic rings. The molecule has 7 heteroatoms. The van der Waals surface area contributed by atoms with Crippen molar-refractivity contribution in [3.63, 3.8) is 0 Å². The summed E-state index contributed by atoms with van der Waals surface area (Å²) < 4.78 is 19.6. The second kappa shape index (κ2) is 11.0. The SMILES string of the molecule is Cc1cc(F)ccc1-c1cc(C(CC(C)C)Nc2ccc(C(=O)NCCC(=O)O)cc2)c(C)o1. The fourth-order valence-electron chi connectivity index (χ4n) is 3.92. The van der Waals surface area contributed by atoms with Crippen molar-refractivity contribution in [1.82, 2.24) is 5.32 Å². The Kier molecular flexibility index (Phi) is 8.10. The van der Waals surface area contributed by atoms with E-state index in [2.05, 4.69) is 24.5 Å². The molecule has 0 aliphatic carbocycles. The zero-order chi connectivity index (χ0) is 24.8. The number of furan rings is 1. The fourth-order valence-corrected chi connectivity index (χ4v) is 3.92. The lowest BCUT2D eigenvalue weighted by molar-refractivity contribution is -0.136. The van der Waals surface area contributed by atoms with Gasteiger partial charge in [0.15, 0.2) is 0 Å². The van der Waals surface area contributed by atoms with Gasteiger partial charge in [0.25, 0.3) is 5.91 Å². The van der Waals surface area contributed by atoms with Crippen molar-refractivity contribution in [3.05, 3.63) is 76.8 Å². The number of aryl methyl sites for hydroxylation is 2. The van der Waals surface area contributed by atoms with E-state index < -0.39 is 5.97 Å². The highest BCUT2D eigenvalue weighted by Gasteiger charge is 2.21. The van der Waals surface area contributed by atoms with Crippen molar-refractivity contribution in [2.75, 3.05) is 11.9 Å². The monoisotopic (exact) mass is 466 g/mol. The predicted molar refractivity (Wildman–Crippen MR) is 130 cm³/mol. The van der Waals surface area contributed by atoms with Crippen LogP contribution in [-0.4, -0.2) is 23.5 Å². The van der Waals surface area contributed by atoms with Gasteiger partial charge in [-0.3, -0.25) is 9.59 Å². The molecule has 0 saturated carbocycles. The van der Waals surface area contributed by atoms with E-state index in [9.17, 15) is 14.0 Å². The zero-order valence-electron chi connectivity index (χ0n) is 19.9. The van der Waals surface area contributed by atoms with E-state index in [4.69, 9.17) is 9.52 Å². The van der Waals surface area contributed by atoms with Gasteiger partial charge >= 0.3 is 5.97 Å². The number of anilines is 1. The molecule has 0 spiro atoms. The average molecular weight is 467 g/mol. The highest BCUT2D eigenvalue weighted by molar-refractivity contribution is 5.94. The van der Waals surface area contributed by atoms with Gasteiger partial charge in [-0.15, -0.1) is 0 Å². The van der Waals surface area contributed by atoms with Crippen LogP contribution in [0.1, 0.15) is 60.0 Å². The lowest BCUT2D eigenvalue weighted by atomic mass is 9.96. The Morgan fingerprint density at radius 2 is 1.76 bits per heavy atom. The topological polar surface area (TPSA) is 91.6 Å². The number of hydrogen-bond donors (Lipinski definition) is 3. The average Bonchev–Trinajstić information content (AvgIpc) is 3.14. The molecule has 3 N–H and O–H groups in total. The lowest BCUT2D eigenvalue weighted by Crippen LogP contribution is -2.25. The van der Waals surface area contributed by atoms with Gasteiger partial charge in [0.1, 0.15) is 17.3 Å². The van der Waals surface area contributed by atoms with E-state index in [1.54, 1.807) is 18.2 Å². The number of rotatable bonds is 10. The molecular weight excluding hydrogens is 435 g/mol. The molecule has 6 nitrogen and oxygen atoms in total. The van der Waals surface area contributed by atoms with Crippen LogP contribution in [0.15, 0.2) is 52.9 Å². The highest BCUT2D eigenvalue weighted by atomic mass is 19.1. The molecule has 1 aromatic heterocycles. The minimum atomic E-state index is -0.955. The maximum absolute atomic E-state index is 13.5. The molecule has 0 fully saturated rings. The quantitative estimate of drug-likeness (QED) is 0.335. The zero-order valence-corrected chi connectivity index (χ0v) is 19.9. The van der Waals surface area contributed by atoms with Gasteiger partial charge in [-0.05, 0) is 80.3 Å². The number of halogens is 1. The minimum Gasteiger partial charge on any atom is -0.481 e. The number of aliphatic carboxylic acids is 1. The third-order valence-corrected chi connectivity index (χ3v) is 5.61. The van der Waals surface area contributed by atoms with Crippen LogP contribution in [0.3, 0.4) is 0 Å². The Hall–Kier alpha value is -3.61. The molecule has 1 unspecified atom stereocenters. The van der Waals surface area contributed by atoms with Gasteiger partial charge in [0, 0.05) is 28.9 Å². The van der Waals surface area contributed by atoms with Crippen molar-refractivity contribution in [3.8, 4) is 11.3 Å². The Labute approximate surface area is 199 Å². The molecule has 1 atom stereocenters. The van der Waals surface area contributed by atoms with Crippen LogP contribution >= 0.6 is 0 Å². The van der Waals surface area contributed by atoms with Crippen LogP contribution < -0.4 is 10.6 Å². The predicted octanol–water partition coefficient (Wildman–Crippen LogP) is 6.11. The molecule has 3 rings (SSSR count). The summed E-state index contributed by atoms with van der Waals surface area (Å²) in [6.45, 7) is 8.18. The molecule has 1 amide bonds. The largest absolute Gasteiger partial charge is 0.481 e. The summed E-state index contributed by atoms with van der Waals surface area (Å²) >= 11 is 0. The number of hydrogen-bond acceptors (Lipinski definition) is 4. The van der Waals surface area contributed by atoms with Gasteiger partial charge in [0.05, 0.1) is 12.5 Å². The Bertz CT molecular complexity index is 1150. The Morgan fingerprint density at radius 1 is 1.06 bits per heavy atom. The third-order valence-electron chi connectivity index (χ3n) is 5.61. The van der Waals surface area contributed by atoms with Crippen LogP contribution in [-0.2, 0) is 4.79 Å². The molecule has 0 saturated heterocycles. The van der Waals surface area contributed by atoms with Crippen molar-refractivity contribution in [2.45, 2.75) is 46.6 Å². The third kappa shape index (κ3) is 6.47. The van der Waals surface area contributed by atoms with Gasteiger partial charge < -0.3 is 20.2 Å². The number of nitrogens with one attached hydrogen (secondary N) is 2. The molecule has 0 bridgehead atoms. The molecule has 0 aliphatic heterocycles. The van der Waals surface area contributed by atoms with E-state index in [-0.39, 0.29) is 30.7 Å². The van der Waals surface area contributed by atoms with Crippen LogP contribution in [0.2, 0.25) is 0 Å². The van der Waals surface area contributed by atoms with Gasteiger partial charge in [-0.1, -0.05) is 13.8 Å². The van der Waals surface area contributed by atoms with Crippen LogP contribution in [0.5, 0.6) is 0 Å². The first-order valence-corrected chi connectivity index (χ1v) is 11.4. The second-order valence-electron chi connectivity index (χ2n) is 8.88. The number of benzene rings is 2. The number of carbonyl (C=O) groups excluding carboxylic acids is 1. The molecule has 0 radical (unpaired) electrons. The van der Waals surface area contributed by atoms with Crippen molar-refractivity contribution in [1.29, 1.82) is 0 Å². The van der Waals surface area contributed by atoms with Gasteiger partial charge in [0.2, 0.25) is 0 Å². The standard InChI is InChI=1S/C27H31FN2O4/c1-16(2)13-24(23-15-25(34-18(23)4)22-10-7-20(28)14-17(22)3)30-21-8-5-19(6-9-21)27(33)29-12-11-26(31)32/h5-10,14-16,24,30H,11-13H2,1-4H3,(H,29,33)(H,31,32). The molecular formula is C27H31FN2O4. The van der Waals surface area contributed by atoms with Crippen LogP contribution in [0, 0.1) is 25.6 Å². The highest BCUT2D eigenvalue weighted by Crippen LogP contribution is 2.35. The fraction of sp³-hybridized carbons (Fsp3) is 0.333. The molecule has 2 aromatic carbocycles.